The van der Waals surface area contributed by atoms with Crippen LogP contribution in [-0.2, 0) is 4.79 Å². The predicted octanol–water partition coefficient (Wildman–Crippen LogP) is 4.88. The Morgan fingerprint density at radius 1 is 0.897 bits per heavy atom. The Kier molecular flexibility index (Phi) is 5.12. The highest BCUT2D eigenvalue weighted by atomic mass is 16.5. The molecule has 1 amide bonds. The monoisotopic (exact) mass is 385 g/mol. The second-order valence-electron chi connectivity index (χ2n) is 6.62. The van der Waals surface area contributed by atoms with Crippen molar-refractivity contribution in [2.45, 2.75) is 13.0 Å². The zero-order valence-electron chi connectivity index (χ0n) is 15.8. The van der Waals surface area contributed by atoms with E-state index in [1.807, 2.05) is 60.7 Å². The first-order valence-electron chi connectivity index (χ1n) is 9.23. The molecule has 0 fully saturated rings. The lowest BCUT2D eigenvalue weighted by Crippen LogP contribution is -2.29. The summed E-state index contributed by atoms with van der Waals surface area (Å²) >= 11 is 0. The van der Waals surface area contributed by atoms with Gasteiger partial charge in [0, 0.05) is 17.9 Å². The summed E-state index contributed by atoms with van der Waals surface area (Å²) in [6.07, 6.45) is 0. The molecule has 5 heteroatoms. The molecule has 0 saturated carbocycles. The third-order valence-electron chi connectivity index (χ3n) is 4.52. The number of rotatable bonds is 5. The zero-order chi connectivity index (χ0) is 20.2. The van der Waals surface area contributed by atoms with E-state index < -0.39 is 12.0 Å². The van der Waals surface area contributed by atoms with E-state index in [0.717, 1.165) is 16.5 Å². The number of ether oxygens (including phenoxy) is 1. The second kappa shape index (κ2) is 8.02. The van der Waals surface area contributed by atoms with Gasteiger partial charge in [0.1, 0.15) is 23.1 Å². The standard InChI is InChI=1S/C24H19NO4/c1-16(26)28-20-13-11-18(12-14-20)24(27)25-23(17-7-3-2-4-8-17)22-15-19-9-5-6-10-21(19)29-22/h2-15,23H,1H3,(H,25,27). The number of carbonyl (C=O) groups excluding carboxylic acids is 2. The van der Waals surface area contributed by atoms with E-state index in [1.165, 1.54) is 6.92 Å². The molecule has 1 heterocycles. The first-order chi connectivity index (χ1) is 14.1. The van der Waals surface area contributed by atoms with Gasteiger partial charge in [-0.15, -0.1) is 0 Å². The zero-order valence-corrected chi connectivity index (χ0v) is 15.8. The van der Waals surface area contributed by atoms with Crippen molar-refractivity contribution in [3.8, 4) is 5.75 Å². The van der Waals surface area contributed by atoms with E-state index in [9.17, 15) is 9.59 Å². The second-order valence-corrected chi connectivity index (χ2v) is 6.62. The number of amides is 1. The molecule has 1 unspecified atom stereocenters. The number of carbonyl (C=O) groups is 2. The first kappa shape index (κ1) is 18.5. The van der Waals surface area contributed by atoms with Crippen LogP contribution in [0.3, 0.4) is 0 Å². The van der Waals surface area contributed by atoms with Crippen molar-refractivity contribution in [2.24, 2.45) is 0 Å². The molecule has 0 aliphatic carbocycles. The van der Waals surface area contributed by atoms with Crippen molar-refractivity contribution >= 4 is 22.8 Å². The molecule has 5 nitrogen and oxygen atoms in total. The number of hydrogen-bond donors (Lipinski definition) is 1. The number of fused-ring (bicyclic) bond motifs is 1. The normalized spacial score (nSPS) is 11.8. The minimum Gasteiger partial charge on any atom is -0.459 e. The van der Waals surface area contributed by atoms with E-state index in [2.05, 4.69) is 5.32 Å². The van der Waals surface area contributed by atoms with Crippen molar-refractivity contribution in [3.05, 3.63) is 102 Å². The van der Waals surface area contributed by atoms with Crippen LogP contribution >= 0.6 is 0 Å². The summed E-state index contributed by atoms with van der Waals surface area (Å²) in [7, 11) is 0. The van der Waals surface area contributed by atoms with Crippen LogP contribution in [0.4, 0.5) is 0 Å². The lowest BCUT2D eigenvalue weighted by Gasteiger charge is -2.17. The highest BCUT2D eigenvalue weighted by Crippen LogP contribution is 2.28. The Hall–Kier alpha value is -3.86. The van der Waals surface area contributed by atoms with Crippen LogP contribution in [0, 0.1) is 0 Å². The van der Waals surface area contributed by atoms with Gasteiger partial charge in [0.15, 0.2) is 0 Å². The third-order valence-corrected chi connectivity index (χ3v) is 4.52. The van der Waals surface area contributed by atoms with Crippen molar-refractivity contribution in [3.63, 3.8) is 0 Å². The Balaban J connectivity index is 1.63. The van der Waals surface area contributed by atoms with Gasteiger partial charge in [-0.25, -0.2) is 0 Å². The molecule has 3 aromatic carbocycles. The smallest absolute Gasteiger partial charge is 0.308 e. The van der Waals surface area contributed by atoms with Gasteiger partial charge >= 0.3 is 5.97 Å². The SMILES string of the molecule is CC(=O)Oc1ccc(C(=O)NC(c2ccccc2)c2cc3ccccc3o2)cc1. The molecular formula is C24H19NO4. The number of nitrogens with one attached hydrogen (secondary N) is 1. The molecule has 0 bridgehead atoms. The molecule has 29 heavy (non-hydrogen) atoms. The van der Waals surface area contributed by atoms with Crippen LogP contribution in [0.15, 0.2) is 89.3 Å². The van der Waals surface area contributed by atoms with Crippen LogP contribution in [-0.4, -0.2) is 11.9 Å². The summed E-state index contributed by atoms with van der Waals surface area (Å²) in [5, 5.41) is 4.02. The van der Waals surface area contributed by atoms with Crippen molar-refractivity contribution in [1.29, 1.82) is 0 Å². The van der Waals surface area contributed by atoms with Crippen molar-refractivity contribution in [1.82, 2.24) is 5.32 Å². The van der Waals surface area contributed by atoms with Crippen LogP contribution in [0.5, 0.6) is 5.75 Å². The maximum Gasteiger partial charge on any atom is 0.308 e. The molecule has 0 radical (unpaired) electrons. The fraction of sp³-hybridized carbons (Fsp3) is 0.0833. The number of furan rings is 1. The molecule has 0 aliphatic rings. The molecule has 4 rings (SSSR count). The van der Waals surface area contributed by atoms with E-state index in [4.69, 9.17) is 9.15 Å². The molecule has 4 aromatic rings. The Labute approximate surface area is 167 Å². The lowest BCUT2D eigenvalue weighted by atomic mass is 10.0. The maximum atomic E-state index is 12.9. The number of hydrogen-bond acceptors (Lipinski definition) is 4. The van der Waals surface area contributed by atoms with Crippen LogP contribution < -0.4 is 10.1 Å². The van der Waals surface area contributed by atoms with E-state index >= 15 is 0 Å². The van der Waals surface area contributed by atoms with Gasteiger partial charge in [-0.2, -0.15) is 0 Å². The van der Waals surface area contributed by atoms with Crippen LogP contribution in [0.25, 0.3) is 11.0 Å². The number of para-hydroxylation sites is 1. The number of esters is 1. The Morgan fingerprint density at radius 3 is 2.28 bits per heavy atom. The molecule has 1 N–H and O–H groups in total. The first-order valence-corrected chi connectivity index (χ1v) is 9.23. The fourth-order valence-electron chi connectivity index (χ4n) is 3.16. The van der Waals surface area contributed by atoms with Gasteiger partial charge in [-0.05, 0) is 42.0 Å². The van der Waals surface area contributed by atoms with Crippen LogP contribution in [0.2, 0.25) is 0 Å². The molecule has 0 spiro atoms. The molecule has 1 atom stereocenters. The molecular weight excluding hydrogens is 366 g/mol. The minimum atomic E-state index is -0.441. The highest BCUT2D eigenvalue weighted by Gasteiger charge is 2.21. The maximum absolute atomic E-state index is 12.9. The Bertz CT molecular complexity index is 1110. The summed E-state index contributed by atoms with van der Waals surface area (Å²) in [4.78, 5) is 23.9. The molecule has 144 valence electrons. The highest BCUT2D eigenvalue weighted by molar-refractivity contribution is 5.95. The average molecular weight is 385 g/mol. The summed E-state index contributed by atoms with van der Waals surface area (Å²) in [5.74, 6) is 0.387. The lowest BCUT2D eigenvalue weighted by molar-refractivity contribution is -0.131. The van der Waals surface area contributed by atoms with Gasteiger partial charge < -0.3 is 14.5 Å². The molecule has 0 aliphatic heterocycles. The molecule has 1 aromatic heterocycles. The van der Waals surface area contributed by atoms with Gasteiger partial charge in [-0.3, -0.25) is 9.59 Å². The summed E-state index contributed by atoms with van der Waals surface area (Å²) in [6.45, 7) is 1.33. The average Bonchev–Trinajstić information content (AvgIpc) is 3.16. The van der Waals surface area contributed by atoms with Crippen molar-refractivity contribution in [2.75, 3.05) is 0 Å². The summed E-state index contributed by atoms with van der Waals surface area (Å²) in [6, 6.07) is 25.3. The molecule has 0 saturated heterocycles. The largest absolute Gasteiger partial charge is 0.459 e. The van der Waals surface area contributed by atoms with Gasteiger partial charge in [0.25, 0.3) is 5.91 Å². The quantitative estimate of drug-likeness (QED) is 0.393. The summed E-state index contributed by atoms with van der Waals surface area (Å²) < 4.78 is 11.0. The van der Waals surface area contributed by atoms with E-state index in [0.29, 0.717) is 17.1 Å². The van der Waals surface area contributed by atoms with Crippen LogP contribution in [0.1, 0.15) is 34.6 Å². The van der Waals surface area contributed by atoms with Gasteiger partial charge in [-0.1, -0.05) is 48.5 Å². The summed E-state index contributed by atoms with van der Waals surface area (Å²) in [5.41, 5.74) is 2.14. The number of benzene rings is 3. The van der Waals surface area contributed by atoms with Gasteiger partial charge in [0.2, 0.25) is 0 Å². The topological polar surface area (TPSA) is 68.5 Å². The third kappa shape index (κ3) is 4.19. The fourth-order valence-corrected chi connectivity index (χ4v) is 3.16. The van der Waals surface area contributed by atoms with Crippen molar-refractivity contribution < 1.29 is 18.7 Å². The van der Waals surface area contributed by atoms with E-state index in [1.54, 1.807) is 24.3 Å². The van der Waals surface area contributed by atoms with E-state index in [-0.39, 0.29) is 5.91 Å². The predicted molar refractivity (Wildman–Crippen MR) is 110 cm³/mol. The van der Waals surface area contributed by atoms with Gasteiger partial charge in [0.05, 0.1) is 0 Å². The Morgan fingerprint density at radius 2 is 1.59 bits per heavy atom. The minimum absolute atomic E-state index is 0.256.